The first kappa shape index (κ1) is 24.0. The van der Waals surface area contributed by atoms with E-state index in [2.05, 4.69) is 10.4 Å². The summed E-state index contributed by atoms with van der Waals surface area (Å²) in [6.07, 6.45) is -4.73. The van der Waals surface area contributed by atoms with Crippen molar-refractivity contribution >= 4 is 11.7 Å². The molecule has 1 aromatic heterocycles. The molecule has 1 fully saturated rings. The van der Waals surface area contributed by atoms with Crippen LogP contribution in [0.4, 0.5) is 19.0 Å². The number of ether oxygens (including phenoxy) is 2. The first-order valence-electron chi connectivity index (χ1n) is 11.5. The second-order valence-corrected chi connectivity index (χ2v) is 9.01. The molecule has 36 heavy (non-hydrogen) atoms. The lowest BCUT2D eigenvalue weighted by Crippen LogP contribution is -2.57. The fraction of sp³-hybridized carbons (Fsp3) is 0.360. The summed E-state index contributed by atoms with van der Waals surface area (Å²) in [5.41, 5.74) is 7.87. The van der Waals surface area contributed by atoms with E-state index in [0.29, 0.717) is 47.0 Å². The normalized spacial score (nSPS) is 19.8. The summed E-state index contributed by atoms with van der Waals surface area (Å²) in [5.74, 6) is 1.07. The fourth-order valence-electron chi connectivity index (χ4n) is 4.65. The van der Waals surface area contributed by atoms with Gasteiger partial charge < -0.3 is 25.4 Å². The van der Waals surface area contributed by atoms with E-state index in [1.165, 1.54) is 14.2 Å². The lowest BCUT2D eigenvalue weighted by molar-refractivity contribution is -0.173. The van der Waals surface area contributed by atoms with Gasteiger partial charge in [0, 0.05) is 42.7 Å². The number of benzene rings is 2. The Morgan fingerprint density at radius 2 is 1.75 bits per heavy atom. The zero-order chi connectivity index (χ0) is 25.6. The third-order valence-corrected chi connectivity index (χ3v) is 6.62. The first-order valence-corrected chi connectivity index (χ1v) is 11.5. The Bertz CT molecular complexity index is 1270. The van der Waals surface area contributed by atoms with Crippen molar-refractivity contribution in [1.82, 2.24) is 14.7 Å². The van der Waals surface area contributed by atoms with Gasteiger partial charge in [-0.2, -0.15) is 18.3 Å². The average molecular weight is 502 g/mol. The van der Waals surface area contributed by atoms with Gasteiger partial charge in [-0.25, -0.2) is 4.68 Å². The van der Waals surface area contributed by atoms with Gasteiger partial charge in [0.1, 0.15) is 5.82 Å². The smallest absolute Gasteiger partial charge is 0.410 e. The van der Waals surface area contributed by atoms with Gasteiger partial charge >= 0.3 is 6.18 Å². The topological polar surface area (TPSA) is 94.6 Å². The zero-order valence-corrected chi connectivity index (χ0v) is 19.7. The number of rotatable bonds is 5. The summed E-state index contributed by atoms with van der Waals surface area (Å²) in [6.45, 7) is 1.03. The van der Waals surface area contributed by atoms with Crippen molar-refractivity contribution in [3.63, 3.8) is 0 Å². The molecule has 0 spiro atoms. The summed E-state index contributed by atoms with van der Waals surface area (Å²) in [6, 6.07) is 10.9. The molecular formula is C25H26F3N5O3. The molecule has 2 unspecified atom stereocenters. The molecule has 2 aliphatic rings. The number of hydrogen-bond donors (Lipinski definition) is 2. The highest BCUT2D eigenvalue weighted by Gasteiger charge is 2.46. The molecule has 8 nitrogen and oxygen atoms in total. The monoisotopic (exact) mass is 501 g/mol. The Morgan fingerprint density at radius 3 is 2.36 bits per heavy atom. The largest absolute Gasteiger partial charge is 0.493 e. The van der Waals surface area contributed by atoms with Crippen molar-refractivity contribution in [2.24, 2.45) is 5.73 Å². The predicted octanol–water partition coefficient (Wildman–Crippen LogP) is 4.01. The van der Waals surface area contributed by atoms with Crippen LogP contribution in [0.1, 0.15) is 34.4 Å². The Hall–Kier alpha value is -3.73. The Balaban J connectivity index is 1.43. The van der Waals surface area contributed by atoms with Gasteiger partial charge in [0.15, 0.2) is 17.5 Å². The van der Waals surface area contributed by atoms with E-state index >= 15 is 0 Å². The van der Waals surface area contributed by atoms with Crippen LogP contribution in [0.15, 0.2) is 48.5 Å². The minimum absolute atomic E-state index is 0.00185. The molecule has 2 aromatic carbocycles. The lowest BCUT2D eigenvalue weighted by Gasteiger charge is -2.36. The number of methoxy groups -OCH3 is 2. The molecular weight excluding hydrogens is 475 g/mol. The van der Waals surface area contributed by atoms with Crippen molar-refractivity contribution < 1.29 is 27.4 Å². The molecule has 1 amide bonds. The molecule has 5 rings (SSSR count). The Morgan fingerprint density at radius 1 is 1.06 bits per heavy atom. The van der Waals surface area contributed by atoms with Gasteiger partial charge in [-0.1, -0.05) is 18.2 Å². The number of alkyl halides is 3. The van der Waals surface area contributed by atoms with Gasteiger partial charge in [0.25, 0.3) is 5.91 Å². The highest BCUT2D eigenvalue weighted by Crippen LogP contribution is 2.45. The highest BCUT2D eigenvalue weighted by molar-refractivity contribution is 5.95. The number of likely N-dealkylation sites (tertiary alicyclic amines) is 1. The second-order valence-electron chi connectivity index (χ2n) is 9.01. The predicted molar refractivity (Wildman–Crippen MR) is 127 cm³/mol. The third-order valence-electron chi connectivity index (χ3n) is 6.62. The van der Waals surface area contributed by atoms with Gasteiger partial charge in [-0.05, 0) is 29.8 Å². The Kier molecular flexibility index (Phi) is 6.03. The van der Waals surface area contributed by atoms with E-state index in [1.54, 1.807) is 53.4 Å². The van der Waals surface area contributed by atoms with Gasteiger partial charge in [-0.3, -0.25) is 4.79 Å². The molecule has 0 bridgehead atoms. The highest BCUT2D eigenvalue weighted by atomic mass is 19.4. The fourth-order valence-corrected chi connectivity index (χ4v) is 4.65. The van der Waals surface area contributed by atoms with E-state index in [1.807, 2.05) is 0 Å². The minimum Gasteiger partial charge on any atom is -0.493 e. The van der Waals surface area contributed by atoms with Crippen molar-refractivity contribution in [3.05, 3.63) is 59.7 Å². The molecule has 3 N–H and O–H groups in total. The summed E-state index contributed by atoms with van der Waals surface area (Å²) in [7, 11) is 2.98. The van der Waals surface area contributed by atoms with Crippen LogP contribution in [-0.2, 0) is 0 Å². The number of hydrogen-bond acceptors (Lipinski definition) is 6. The maximum absolute atomic E-state index is 14.1. The number of nitrogens with two attached hydrogens (primary N) is 1. The number of carbonyl (C=O) groups excluding carboxylic acids is 1. The number of halogens is 3. The van der Waals surface area contributed by atoms with Crippen molar-refractivity contribution in [2.45, 2.75) is 30.7 Å². The van der Waals surface area contributed by atoms with E-state index in [0.717, 1.165) is 4.68 Å². The van der Waals surface area contributed by atoms with Gasteiger partial charge in [0.05, 0.1) is 26.0 Å². The molecule has 2 atom stereocenters. The molecule has 3 heterocycles. The standard InChI is InChI=1S/C25H26F3N5O3/c1-35-20-8-7-16(9-21(20)36-2)18-10-22(25(26,27)28)33-23(30-18)11-19(31-33)14-3-5-15(6-4-14)24(34)32-12-17(29)13-32/h3-9,11,17-18,22,30H,10,12-13,29H2,1-2H3. The summed E-state index contributed by atoms with van der Waals surface area (Å²) >= 11 is 0. The van der Waals surface area contributed by atoms with Crippen LogP contribution >= 0.6 is 0 Å². The van der Waals surface area contributed by atoms with Crippen LogP contribution in [0.3, 0.4) is 0 Å². The molecule has 2 aliphatic heterocycles. The summed E-state index contributed by atoms with van der Waals surface area (Å²) < 4.78 is 53.8. The average Bonchev–Trinajstić information content (AvgIpc) is 3.29. The minimum atomic E-state index is -4.50. The molecule has 0 radical (unpaired) electrons. The van der Waals surface area contributed by atoms with E-state index in [4.69, 9.17) is 15.2 Å². The van der Waals surface area contributed by atoms with E-state index < -0.39 is 18.3 Å². The van der Waals surface area contributed by atoms with Gasteiger partial charge in [-0.15, -0.1) is 0 Å². The van der Waals surface area contributed by atoms with Crippen molar-refractivity contribution in [2.75, 3.05) is 32.6 Å². The lowest BCUT2D eigenvalue weighted by atomic mass is 9.96. The molecule has 3 aromatic rings. The van der Waals surface area contributed by atoms with Crippen LogP contribution in [0.2, 0.25) is 0 Å². The number of nitrogens with zero attached hydrogens (tertiary/aromatic N) is 3. The van der Waals surface area contributed by atoms with Crippen molar-refractivity contribution in [1.29, 1.82) is 0 Å². The van der Waals surface area contributed by atoms with Crippen LogP contribution in [0.5, 0.6) is 11.5 Å². The molecule has 1 saturated heterocycles. The number of nitrogens with one attached hydrogen (secondary N) is 1. The maximum atomic E-state index is 14.1. The van der Waals surface area contributed by atoms with E-state index in [-0.39, 0.29) is 24.2 Å². The molecule has 0 aliphatic carbocycles. The molecule has 0 saturated carbocycles. The number of aromatic nitrogens is 2. The quantitative estimate of drug-likeness (QED) is 0.549. The zero-order valence-electron chi connectivity index (χ0n) is 19.7. The van der Waals surface area contributed by atoms with E-state index in [9.17, 15) is 18.0 Å². The number of carbonyl (C=O) groups is 1. The third kappa shape index (κ3) is 4.34. The number of amides is 1. The number of fused-ring (bicyclic) bond motifs is 1. The van der Waals surface area contributed by atoms with Crippen LogP contribution < -0.4 is 20.5 Å². The molecule has 11 heteroatoms. The molecule has 190 valence electrons. The van der Waals surface area contributed by atoms with Crippen LogP contribution in [-0.4, -0.2) is 60.1 Å². The SMILES string of the molecule is COc1ccc(C2CC(C(F)(F)F)n3nc(-c4ccc(C(=O)N5CC(N)C5)cc4)cc3N2)cc1OC. The number of anilines is 1. The van der Waals surface area contributed by atoms with Crippen LogP contribution in [0.25, 0.3) is 11.3 Å². The first-order chi connectivity index (χ1) is 17.2. The van der Waals surface area contributed by atoms with Gasteiger partial charge in [0.2, 0.25) is 0 Å². The van der Waals surface area contributed by atoms with Crippen molar-refractivity contribution in [3.8, 4) is 22.8 Å². The summed E-state index contributed by atoms with van der Waals surface area (Å²) in [5, 5.41) is 7.47. The Labute approximate surface area is 205 Å². The second kappa shape index (κ2) is 9.05. The maximum Gasteiger partial charge on any atom is 0.410 e. The summed E-state index contributed by atoms with van der Waals surface area (Å²) in [4.78, 5) is 14.1. The van der Waals surface area contributed by atoms with Crippen LogP contribution in [0, 0.1) is 0 Å².